The van der Waals surface area contributed by atoms with Gasteiger partial charge in [0.05, 0.1) is 24.9 Å². The third-order valence-electron chi connectivity index (χ3n) is 4.35. The molecule has 0 aliphatic carbocycles. The second-order valence-corrected chi connectivity index (χ2v) is 8.20. The highest BCUT2D eigenvalue weighted by Gasteiger charge is 2.21. The molecule has 5 nitrogen and oxygen atoms in total. The van der Waals surface area contributed by atoms with Crippen LogP contribution in [0.2, 0.25) is 0 Å². The number of rotatable bonds is 9. The summed E-state index contributed by atoms with van der Waals surface area (Å²) in [5, 5.41) is 2.72. The Morgan fingerprint density at radius 1 is 1.13 bits per heavy atom. The first-order valence-electron chi connectivity index (χ1n) is 9.70. The molecule has 0 spiro atoms. The van der Waals surface area contributed by atoms with E-state index in [0.29, 0.717) is 19.7 Å². The van der Waals surface area contributed by atoms with Crippen LogP contribution in [0.4, 0.5) is 4.39 Å². The minimum Gasteiger partial charge on any atom is -0.497 e. The molecule has 0 radical (unpaired) electrons. The quantitative estimate of drug-likeness (QED) is 0.472. The summed E-state index contributed by atoms with van der Waals surface area (Å²) >= 11 is 1.48. The molecular formula is C23H25FN2O3S. The lowest BCUT2D eigenvalue weighted by atomic mass is 10.1. The van der Waals surface area contributed by atoms with Crippen molar-refractivity contribution in [3.63, 3.8) is 0 Å². The van der Waals surface area contributed by atoms with E-state index in [-0.39, 0.29) is 17.4 Å². The number of carbonyl (C=O) groups excluding carboxylic acids is 1. The lowest BCUT2D eigenvalue weighted by molar-refractivity contribution is 0.0716. The normalized spacial score (nSPS) is 10.8. The van der Waals surface area contributed by atoms with Crippen LogP contribution >= 0.6 is 11.3 Å². The van der Waals surface area contributed by atoms with E-state index in [1.165, 1.54) is 23.5 Å². The molecule has 1 aromatic heterocycles. The topological polar surface area (TPSA) is 51.7 Å². The van der Waals surface area contributed by atoms with E-state index in [1.807, 2.05) is 43.5 Å². The molecule has 0 atom stereocenters. The fraction of sp³-hybridized carbons (Fsp3) is 0.304. The molecule has 2 aromatic carbocycles. The average molecular weight is 429 g/mol. The van der Waals surface area contributed by atoms with Crippen molar-refractivity contribution in [1.29, 1.82) is 0 Å². The van der Waals surface area contributed by atoms with Gasteiger partial charge in [0.1, 0.15) is 28.9 Å². The van der Waals surface area contributed by atoms with Crippen molar-refractivity contribution >= 4 is 17.2 Å². The second-order valence-electron chi connectivity index (χ2n) is 7.26. The van der Waals surface area contributed by atoms with Gasteiger partial charge in [0, 0.05) is 11.9 Å². The van der Waals surface area contributed by atoms with Crippen LogP contribution in [0, 0.1) is 11.7 Å². The average Bonchev–Trinajstić information content (AvgIpc) is 3.19. The summed E-state index contributed by atoms with van der Waals surface area (Å²) in [5.74, 6) is 0.901. The van der Waals surface area contributed by atoms with Crippen molar-refractivity contribution in [2.45, 2.75) is 27.0 Å². The summed E-state index contributed by atoms with van der Waals surface area (Å²) in [4.78, 5) is 19.1. The summed E-state index contributed by atoms with van der Waals surface area (Å²) in [6, 6.07) is 13.4. The van der Waals surface area contributed by atoms with Crippen LogP contribution in [-0.4, -0.2) is 29.4 Å². The van der Waals surface area contributed by atoms with E-state index >= 15 is 0 Å². The van der Waals surface area contributed by atoms with Crippen molar-refractivity contribution in [3.05, 3.63) is 76.0 Å². The van der Waals surface area contributed by atoms with Gasteiger partial charge in [0.25, 0.3) is 5.91 Å². The maximum absolute atomic E-state index is 14.1. The first-order chi connectivity index (χ1) is 14.5. The third kappa shape index (κ3) is 5.79. The molecule has 0 aliphatic rings. The SMILES string of the molecule is COc1ccc(OCc2nc(CN(CC(C)C)C(=O)c3ccccc3F)cs2)cc1. The van der Waals surface area contributed by atoms with Gasteiger partial charge in [0.15, 0.2) is 0 Å². The molecular weight excluding hydrogens is 403 g/mol. The lowest BCUT2D eigenvalue weighted by Crippen LogP contribution is -2.34. The van der Waals surface area contributed by atoms with Gasteiger partial charge in [-0.05, 0) is 42.3 Å². The van der Waals surface area contributed by atoms with Crippen molar-refractivity contribution in [2.24, 2.45) is 5.92 Å². The Labute approximate surface area is 180 Å². The number of benzene rings is 2. The number of hydrogen-bond donors (Lipinski definition) is 0. The van der Waals surface area contributed by atoms with Crippen molar-refractivity contribution in [3.8, 4) is 11.5 Å². The zero-order valence-electron chi connectivity index (χ0n) is 17.3. The molecule has 3 aromatic rings. The van der Waals surface area contributed by atoms with Crippen LogP contribution in [0.5, 0.6) is 11.5 Å². The molecule has 0 fully saturated rings. The van der Waals surface area contributed by atoms with Crippen molar-refractivity contribution in [1.82, 2.24) is 9.88 Å². The van der Waals surface area contributed by atoms with Crippen molar-refractivity contribution in [2.75, 3.05) is 13.7 Å². The van der Waals surface area contributed by atoms with E-state index < -0.39 is 5.82 Å². The number of nitrogens with zero attached hydrogens (tertiary/aromatic N) is 2. The molecule has 1 heterocycles. The number of amides is 1. The summed E-state index contributed by atoms with van der Waals surface area (Å²) in [7, 11) is 1.62. The van der Waals surface area contributed by atoms with Crippen LogP contribution < -0.4 is 9.47 Å². The number of hydrogen-bond acceptors (Lipinski definition) is 5. The number of ether oxygens (including phenoxy) is 2. The van der Waals surface area contributed by atoms with Gasteiger partial charge >= 0.3 is 0 Å². The van der Waals surface area contributed by atoms with Gasteiger partial charge in [-0.2, -0.15) is 0 Å². The number of thiazole rings is 1. The Hall–Kier alpha value is -2.93. The molecule has 7 heteroatoms. The summed E-state index contributed by atoms with van der Waals surface area (Å²) in [6.45, 7) is 5.22. The zero-order valence-corrected chi connectivity index (χ0v) is 18.1. The van der Waals surface area contributed by atoms with E-state index in [2.05, 4.69) is 4.98 Å². The van der Waals surface area contributed by atoms with Crippen LogP contribution in [0.1, 0.15) is 34.9 Å². The van der Waals surface area contributed by atoms with Gasteiger partial charge in [-0.3, -0.25) is 4.79 Å². The van der Waals surface area contributed by atoms with Gasteiger partial charge < -0.3 is 14.4 Å². The van der Waals surface area contributed by atoms with Crippen LogP contribution in [0.3, 0.4) is 0 Å². The number of carbonyl (C=O) groups is 1. The largest absolute Gasteiger partial charge is 0.497 e. The highest BCUT2D eigenvalue weighted by molar-refractivity contribution is 7.09. The highest BCUT2D eigenvalue weighted by atomic mass is 32.1. The highest BCUT2D eigenvalue weighted by Crippen LogP contribution is 2.20. The van der Waals surface area contributed by atoms with E-state index in [1.54, 1.807) is 24.1 Å². The van der Waals surface area contributed by atoms with E-state index in [4.69, 9.17) is 9.47 Å². The van der Waals surface area contributed by atoms with Crippen molar-refractivity contribution < 1.29 is 18.7 Å². The molecule has 0 unspecified atom stereocenters. The van der Waals surface area contributed by atoms with E-state index in [0.717, 1.165) is 22.2 Å². The van der Waals surface area contributed by atoms with Gasteiger partial charge in [-0.25, -0.2) is 9.37 Å². The predicted molar refractivity (Wildman–Crippen MR) is 115 cm³/mol. The minimum absolute atomic E-state index is 0.0800. The van der Waals surface area contributed by atoms with Gasteiger partial charge in [0.2, 0.25) is 0 Å². The number of aromatic nitrogens is 1. The molecule has 0 aliphatic heterocycles. The number of halogens is 1. The first kappa shape index (κ1) is 21.8. The summed E-state index contributed by atoms with van der Waals surface area (Å²) in [5.41, 5.74) is 0.843. The molecule has 0 N–H and O–H groups in total. The Kier molecular flexibility index (Phi) is 7.41. The maximum atomic E-state index is 14.1. The summed E-state index contributed by atoms with van der Waals surface area (Å²) in [6.07, 6.45) is 0. The van der Waals surface area contributed by atoms with Crippen LogP contribution in [-0.2, 0) is 13.2 Å². The smallest absolute Gasteiger partial charge is 0.257 e. The molecule has 1 amide bonds. The molecule has 30 heavy (non-hydrogen) atoms. The van der Waals surface area contributed by atoms with E-state index in [9.17, 15) is 9.18 Å². The monoisotopic (exact) mass is 428 g/mol. The lowest BCUT2D eigenvalue weighted by Gasteiger charge is -2.24. The molecule has 0 bridgehead atoms. The fourth-order valence-corrected chi connectivity index (χ4v) is 3.66. The summed E-state index contributed by atoms with van der Waals surface area (Å²) < 4.78 is 25.0. The second kappa shape index (κ2) is 10.2. The Balaban J connectivity index is 1.66. The zero-order chi connectivity index (χ0) is 21.5. The predicted octanol–water partition coefficient (Wildman–Crippen LogP) is 5.17. The number of methoxy groups -OCH3 is 1. The molecule has 3 rings (SSSR count). The fourth-order valence-electron chi connectivity index (χ4n) is 2.97. The Morgan fingerprint density at radius 3 is 2.50 bits per heavy atom. The first-order valence-corrected chi connectivity index (χ1v) is 10.6. The van der Waals surface area contributed by atoms with Gasteiger partial charge in [-0.15, -0.1) is 11.3 Å². The Morgan fingerprint density at radius 2 is 1.83 bits per heavy atom. The molecule has 158 valence electrons. The van der Waals surface area contributed by atoms with Crippen LogP contribution in [0.25, 0.3) is 0 Å². The molecule has 0 saturated heterocycles. The molecule has 0 saturated carbocycles. The minimum atomic E-state index is -0.511. The Bertz CT molecular complexity index is 973. The third-order valence-corrected chi connectivity index (χ3v) is 5.22. The standard InChI is InChI=1S/C23H25FN2O3S/c1-16(2)12-26(23(27)20-6-4-5-7-21(20)24)13-17-15-30-22(25-17)14-29-19-10-8-18(28-3)9-11-19/h4-11,15-16H,12-14H2,1-3H3. The maximum Gasteiger partial charge on any atom is 0.257 e. The van der Waals surface area contributed by atoms with Gasteiger partial charge in [-0.1, -0.05) is 26.0 Å². The van der Waals surface area contributed by atoms with Crippen LogP contribution in [0.15, 0.2) is 53.9 Å².